The van der Waals surface area contributed by atoms with Crippen LogP contribution >= 0.6 is 0 Å². The molecule has 0 aliphatic carbocycles. The minimum absolute atomic E-state index is 0.0161. The van der Waals surface area contributed by atoms with Gasteiger partial charge in [0, 0.05) is 54.3 Å². The molecule has 1 saturated heterocycles. The molecule has 1 aliphatic heterocycles. The molecule has 0 radical (unpaired) electrons. The van der Waals surface area contributed by atoms with E-state index in [1.807, 2.05) is 69.0 Å². The van der Waals surface area contributed by atoms with E-state index in [9.17, 15) is 23.2 Å². The molecule has 1 aliphatic rings. The summed E-state index contributed by atoms with van der Waals surface area (Å²) < 4.78 is 30.3. The van der Waals surface area contributed by atoms with Crippen LogP contribution in [0.5, 0.6) is 5.75 Å². The van der Waals surface area contributed by atoms with Crippen molar-refractivity contribution in [2.24, 2.45) is 0 Å². The van der Waals surface area contributed by atoms with Crippen molar-refractivity contribution in [1.29, 1.82) is 0 Å². The van der Waals surface area contributed by atoms with Gasteiger partial charge in [-0.15, -0.1) is 0 Å². The Kier molecular flexibility index (Phi) is 16.4. The number of amides is 3. The average molecular weight is 640 g/mol. The van der Waals surface area contributed by atoms with E-state index in [2.05, 4.69) is 25.3 Å². The third-order valence-electron chi connectivity index (χ3n) is 6.69. The zero-order valence-electron chi connectivity index (χ0n) is 26.9. The number of aromatic amines is 1. The molecule has 2 aromatic heterocycles. The number of alkyl halides is 2. The Morgan fingerprint density at radius 3 is 2.59 bits per heavy atom. The summed E-state index contributed by atoms with van der Waals surface area (Å²) in [6.45, 7) is 6.59. The van der Waals surface area contributed by atoms with E-state index < -0.39 is 6.61 Å². The van der Waals surface area contributed by atoms with Crippen LogP contribution in [0.15, 0.2) is 84.4 Å². The summed E-state index contributed by atoms with van der Waals surface area (Å²) in [7, 11) is 0.949. The molecule has 3 N–H and O–H groups in total. The first-order valence-corrected chi connectivity index (χ1v) is 14.8. The summed E-state index contributed by atoms with van der Waals surface area (Å²) in [5, 5.41) is 6.37. The van der Waals surface area contributed by atoms with Crippen molar-refractivity contribution >= 4 is 29.1 Å². The molecule has 1 atom stereocenters. The maximum absolute atomic E-state index is 12.4. The van der Waals surface area contributed by atoms with E-state index in [0.29, 0.717) is 24.3 Å². The van der Waals surface area contributed by atoms with Gasteiger partial charge in [-0.25, -0.2) is 0 Å². The van der Waals surface area contributed by atoms with Crippen LogP contribution in [0, 0.1) is 0 Å². The topological polar surface area (TPSA) is 126 Å². The van der Waals surface area contributed by atoms with E-state index in [1.54, 1.807) is 36.7 Å². The fourth-order valence-corrected chi connectivity index (χ4v) is 4.43. The average Bonchev–Trinajstić information content (AvgIpc) is 3.68. The van der Waals surface area contributed by atoms with Gasteiger partial charge in [-0.3, -0.25) is 19.4 Å². The van der Waals surface area contributed by atoms with Crippen molar-refractivity contribution in [3.05, 3.63) is 95.7 Å². The Morgan fingerprint density at radius 2 is 1.96 bits per heavy atom. The molecule has 3 amide bonds. The molecule has 3 heterocycles. The number of likely N-dealkylation sites (tertiary alicyclic amines) is 1. The normalized spacial score (nSPS) is 14.8. The van der Waals surface area contributed by atoms with Gasteiger partial charge >= 0.3 is 6.61 Å². The van der Waals surface area contributed by atoms with Gasteiger partial charge in [-0.05, 0) is 76.9 Å². The number of carbonyl (C=O) groups is 3. The van der Waals surface area contributed by atoms with Gasteiger partial charge in [0.2, 0.25) is 12.3 Å². The van der Waals surface area contributed by atoms with Gasteiger partial charge < -0.3 is 30.0 Å². The highest BCUT2D eigenvalue weighted by Crippen LogP contribution is 2.18. The number of hydrogen-bond donors (Lipinski definition) is 3. The fraction of sp³-hybridized carbons (Fsp3) is 0.353. The largest absolute Gasteiger partial charge is 0.462 e. The van der Waals surface area contributed by atoms with Crippen molar-refractivity contribution < 1.29 is 32.6 Å². The molecule has 10 nitrogen and oxygen atoms in total. The Hall–Kier alpha value is -4.84. The highest BCUT2D eigenvalue weighted by atomic mass is 19.3. The van der Waals surface area contributed by atoms with E-state index in [-0.39, 0.29) is 24.4 Å². The lowest BCUT2D eigenvalue weighted by atomic mass is 10.2. The first-order valence-electron chi connectivity index (χ1n) is 14.8. The third-order valence-corrected chi connectivity index (χ3v) is 6.69. The number of nitrogens with zero attached hydrogens (tertiary/aromatic N) is 2. The van der Waals surface area contributed by atoms with Gasteiger partial charge in [0.1, 0.15) is 11.5 Å². The van der Waals surface area contributed by atoms with Crippen LogP contribution in [0.4, 0.5) is 8.78 Å². The Balaban J connectivity index is 0.000000334. The first kappa shape index (κ1) is 37.3. The maximum Gasteiger partial charge on any atom is 0.345 e. The number of H-pyrrole nitrogens is 1. The number of carbonyl (C=O) groups excluding carboxylic acids is 3. The van der Waals surface area contributed by atoms with Crippen LogP contribution in [-0.4, -0.2) is 65.9 Å². The van der Waals surface area contributed by atoms with Gasteiger partial charge in [-0.1, -0.05) is 29.9 Å². The Labute approximate surface area is 268 Å². The standard InChI is InChI=1S/C23H30N2O3.C9H9N3O.C2H4F2O/c1-5-8-17(2)12-13-19(4)28-21-11-6-10-20(15-21)23(27)24-16-22(26)25-14-7-9-18(25)3;13-6-11-5-8-3-7-4-10-2-1-9(7)12-8;1-5-2(3)4/h5-6,8,10-13,15,18H,7,9,14,16H2,1-4H3,(H,24,27);1-4,6,12H,5H2,(H,11,13);2H,1H3/b8-5?,17-12-,19-13+;;. The number of halogens is 2. The van der Waals surface area contributed by atoms with Crippen LogP contribution in [-0.2, 0) is 20.9 Å². The van der Waals surface area contributed by atoms with Crippen LogP contribution in [0.1, 0.15) is 56.6 Å². The Morgan fingerprint density at radius 1 is 1.20 bits per heavy atom. The minimum atomic E-state index is -2.62. The second-order valence-corrected chi connectivity index (χ2v) is 10.3. The van der Waals surface area contributed by atoms with Gasteiger partial charge in [0.05, 0.1) is 13.1 Å². The van der Waals surface area contributed by atoms with Crippen molar-refractivity contribution in [1.82, 2.24) is 25.5 Å². The number of methoxy groups -OCH3 is 1. The summed E-state index contributed by atoms with van der Waals surface area (Å²) >= 11 is 0. The summed E-state index contributed by atoms with van der Waals surface area (Å²) in [6, 6.07) is 11.1. The SMILES string of the molecule is CC=C/C(C)=C\C=C(/C)Oc1cccc(C(=O)NCC(=O)N2CCCC2C)c1.COC(F)F.O=CNCc1cc2cnccc2[nH]1. The van der Waals surface area contributed by atoms with Crippen LogP contribution < -0.4 is 15.4 Å². The summed E-state index contributed by atoms with van der Waals surface area (Å²) in [5.74, 6) is 0.988. The lowest BCUT2D eigenvalue weighted by molar-refractivity contribution is -0.130. The predicted molar refractivity (Wildman–Crippen MR) is 174 cm³/mol. The number of pyridine rings is 1. The number of fused-ring (bicyclic) bond motifs is 1. The Bertz CT molecular complexity index is 1470. The summed E-state index contributed by atoms with van der Waals surface area (Å²) in [5.41, 5.74) is 3.61. The molecule has 1 aromatic carbocycles. The predicted octanol–water partition coefficient (Wildman–Crippen LogP) is 5.90. The maximum atomic E-state index is 12.4. The fourth-order valence-electron chi connectivity index (χ4n) is 4.43. The molecule has 4 rings (SSSR count). The number of nitrogens with one attached hydrogen (secondary N) is 3. The lowest BCUT2D eigenvalue weighted by Crippen LogP contribution is -2.41. The zero-order chi connectivity index (χ0) is 33.9. The second-order valence-electron chi connectivity index (χ2n) is 10.3. The van der Waals surface area contributed by atoms with Crippen molar-refractivity contribution in [2.75, 3.05) is 20.2 Å². The molecule has 0 saturated carbocycles. The van der Waals surface area contributed by atoms with Crippen molar-refractivity contribution in [3.63, 3.8) is 0 Å². The zero-order valence-corrected chi connectivity index (χ0v) is 26.9. The highest BCUT2D eigenvalue weighted by molar-refractivity contribution is 5.96. The van der Waals surface area contributed by atoms with Gasteiger partial charge in [0.25, 0.3) is 5.91 Å². The number of benzene rings is 1. The minimum Gasteiger partial charge on any atom is -0.462 e. The van der Waals surface area contributed by atoms with Crippen molar-refractivity contribution in [3.8, 4) is 5.75 Å². The number of hydrogen-bond acceptors (Lipinski definition) is 6. The quantitative estimate of drug-likeness (QED) is 0.136. The molecule has 46 heavy (non-hydrogen) atoms. The van der Waals surface area contributed by atoms with Crippen LogP contribution in [0.3, 0.4) is 0 Å². The van der Waals surface area contributed by atoms with Crippen LogP contribution in [0.2, 0.25) is 0 Å². The van der Waals surface area contributed by atoms with Crippen molar-refractivity contribution in [2.45, 2.75) is 59.7 Å². The number of aromatic nitrogens is 2. The van der Waals surface area contributed by atoms with E-state index >= 15 is 0 Å². The molecular formula is C34H43F2N5O5. The number of rotatable bonds is 11. The number of allylic oxidation sites excluding steroid dienone is 6. The monoisotopic (exact) mass is 639 g/mol. The molecule has 248 valence electrons. The third kappa shape index (κ3) is 13.4. The molecule has 0 bridgehead atoms. The molecular weight excluding hydrogens is 596 g/mol. The van der Waals surface area contributed by atoms with E-state index in [1.165, 1.54) is 0 Å². The van der Waals surface area contributed by atoms with Gasteiger partial charge in [0.15, 0.2) is 0 Å². The second kappa shape index (κ2) is 20.2. The first-order chi connectivity index (χ1) is 22.1. The smallest absolute Gasteiger partial charge is 0.345 e. The molecule has 1 unspecified atom stereocenters. The van der Waals surface area contributed by atoms with Crippen LogP contribution in [0.25, 0.3) is 10.9 Å². The molecule has 3 aromatic rings. The summed E-state index contributed by atoms with van der Waals surface area (Å²) in [4.78, 5) is 43.7. The molecule has 12 heteroatoms. The number of ether oxygens (including phenoxy) is 2. The van der Waals surface area contributed by atoms with E-state index in [0.717, 1.165) is 54.4 Å². The summed E-state index contributed by atoms with van der Waals surface area (Å²) in [6.07, 6.45) is 14.1. The lowest BCUT2D eigenvalue weighted by Gasteiger charge is -2.21. The molecule has 0 spiro atoms. The molecule has 1 fully saturated rings. The van der Waals surface area contributed by atoms with Gasteiger partial charge in [-0.2, -0.15) is 8.78 Å². The highest BCUT2D eigenvalue weighted by Gasteiger charge is 2.25. The van der Waals surface area contributed by atoms with E-state index in [4.69, 9.17) is 4.74 Å².